The van der Waals surface area contributed by atoms with Crippen molar-refractivity contribution in [3.05, 3.63) is 42.1 Å². The largest absolute Gasteiger partial charge is 0.367 e. The van der Waals surface area contributed by atoms with Gasteiger partial charge >= 0.3 is 0 Å². The minimum atomic E-state index is -0.678. The molecule has 1 aromatic carbocycles. The van der Waals surface area contributed by atoms with Crippen LogP contribution in [0.2, 0.25) is 0 Å². The summed E-state index contributed by atoms with van der Waals surface area (Å²) < 4.78 is 5.72. The lowest BCUT2D eigenvalue weighted by Gasteiger charge is -2.32. The quantitative estimate of drug-likeness (QED) is 0.772. The molecule has 2 aromatic rings. The number of nitrogens with zero attached hydrogens (tertiary/aromatic N) is 1. The van der Waals surface area contributed by atoms with Gasteiger partial charge in [0.25, 0.3) is 0 Å². The van der Waals surface area contributed by atoms with Crippen LogP contribution in [0.3, 0.4) is 0 Å². The summed E-state index contributed by atoms with van der Waals surface area (Å²) in [6.45, 7) is 2.56. The number of carbonyl (C=O) groups excluding carboxylic acids is 1. The maximum absolute atomic E-state index is 12.6. The van der Waals surface area contributed by atoms with Gasteiger partial charge < -0.3 is 4.74 Å². The molecule has 1 fully saturated rings. The van der Waals surface area contributed by atoms with Gasteiger partial charge in [0, 0.05) is 23.8 Å². The molecule has 0 saturated carbocycles. The molecule has 0 aliphatic carbocycles. The summed E-state index contributed by atoms with van der Waals surface area (Å²) in [6, 6.07) is 9.74. The average Bonchev–Trinajstić information content (AvgIpc) is 2.47. The highest BCUT2D eigenvalue weighted by atomic mass is 16.5. The van der Waals surface area contributed by atoms with Crippen molar-refractivity contribution >= 4 is 16.7 Å². The van der Waals surface area contributed by atoms with Gasteiger partial charge in [-0.15, -0.1) is 0 Å². The zero-order valence-corrected chi connectivity index (χ0v) is 11.1. The molecule has 0 spiro atoms. The van der Waals surface area contributed by atoms with Crippen molar-refractivity contribution in [3.63, 3.8) is 0 Å². The fraction of sp³-hybridized carbons (Fsp3) is 0.375. The molecule has 1 aliphatic heterocycles. The number of ketones is 1. The maximum Gasteiger partial charge on any atom is 0.195 e. The summed E-state index contributed by atoms with van der Waals surface area (Å²) >= 11 is 0. The number of hydrogen-bond donors (Lipinski definition) is 0. The SMILES string of the molecule is CC1(C(=O)c2cnc3ccccc3c2)CCCCO1. The molecule has 19 heavy (non-hydrogen) atoms. The van der Waals surface area contributed by atoms with Gasteiger partial charge in [-0.05, 0) is 38.3 Å². The summed E-state index contributed by atoms with van der Waals surface area (Å²) in [5.74, 6) is 0.0467. The Kier molecular flexibility index (Phi) is 3.07. The number of fused-ring (bicyclic) bond motifs is 1. The van der Waals surface area contributed by atoms with Gasteiger partial charge in [0.15, 0.2) is 5.78 Å². The molecule has 0 radical (unpaired) electrons. The van der Waals surface area contributed by atoms with Crippen LogP contribution in [0.25, 0.3) is 10.9 Å². The molecule has 98 valence electrons. The molecule has 3 nitrogen and oxygen atoms in total. The lowest BCUT2D eigenvalue weighted by molar-refractivity contribution is -0.0426. The molecule has 1 aromatic heterocycles. The number of aromatic nitrogens is 1. The van der Waals surface area contributed by atoms with Gasteiger partial charge in [0.05, 0.1) is 5.52 Å². The van der Waals surface area contributed by atoms with Crippen LogP contribution >= 0.6 is 0 Å². The predicted molar refractivity (Wildman–Crippen MR) is 74.3 cm³/mol. The molecule has 2 heterocycles. The summed E-state index contributed by atoms with van der Waals surface area (Å²) in [4.78, 5) is 17.0. The molecule has 1 saturated heterocycles. The highest BCUT2D eigenvalue weighted by Crippen LogP contribution is 2.28. The van der Waals surface area contributed by atoms with Crippen LogP contribution in [0, 0.1) is 0 Å². The third kappa shape index (κ3) is 2.26. The number of para-hydroxylation sites is 1. The number of ether oxygens (including phenoxy) is 1. The molecular weight excluding hydrogens is 238 g/mol. The van der Waals surface area contributed by atoms with E-state index in [2.05, 4.69) is 4.98 Å². The van der Waals surface area contributed by atoms with Gasteiger partial charge in [-0.3, -0.25) is 9.78 Å². The Labute approximate surface area is 112 Å². The van der Waals surface area contributed by atoms with Crippen LogP contribution in [0.1, 0.15) is 36.5 Å². The van der Waals surface area contributed by atoms with E-state index in [9.17, 15) is 4.79 Å². The Morgan fingerprint density at radius 2 is 2.16 bits per heavy atom. The van der Waals surface area contributed by atoms with E-state index in [-0.39, 0.29) is 5.78 Å². The van der Waals surface area contributed by atoms with Gasteiger partial charge in [0.1, 0.15) is 5.60 Å². The second kappa shape index (κ2) is 4.74. The molecular formula is C16H17NO2. The van der Waals surface area contributed by atoms with E-state index in [1.807, 2.05) is 37.3 Å². The van der Waals surface area contributed by atoms with E-state index >= 15 is 0 Å². The van der Waals surface area contributed by atoms with Crippen molar-refractivity contribution in [2.24, 2.45) is 0 Å². The first kappa shape index (κ1) is 12.3. The first-order valence-corrected chi connectivity index (χ1v) is 6.73. The third-order valence-electron chi connectivity index (χ3n) is 3.80. The van der Waals surface area contributed by atoms with Crippen molar-refractivity contribution < 1.29 is 9.53 Å². The van der Waals surface area contributed by atoms with Crippen LogP contribution < -0.4 is 0 Å². The topological polar surface area (TPSA) is 39.2 Å². The highest BCUT2D eigenvalue weighted by Gasteiger charge is 2.36. The molecule has 0 bridgehead atoms. The van der Waals surface area contributed by atoms with E-state index in [0.29, 0.717) is 12.2 Å². The summed E-state index contributed by atoms with van der Waals surface area (Å²) in [5, 5.41) is 0.993. The summed E-state index contributed by atoms with van der Waals surface area (Å²) in [5.41, 5.74) is 0.874. The van der Waals surface area contributed by atoms with E-state index in [1.165, 1.54) is 0 Å². The maximum atomic E-state index is 12.6. The molecule has 0 amide bonds. The molecule has 3 rings (SSSR count). The second-order valence-corrected chi connectivity index (χ2v) is 5.28. The van der Waals surface area contributed by atoms with E-state index in [1.54, 1.807) is 6.20 Å². The van der Waals surface area contributed by atoms with Crippen molar-refractivity contribution in [1.29, 1.82) is 0 Å². The van der Waals surface area contributed by atoms with Crippen molar-refractivity contribution in [1.82, 2.24) is 4.98 Å². The zero-order chi connectivity index (χ0) is 13.3. The standard InChI is InChI=1S/C16H17NO2/c1-16(8-4-5-9-19-16)15(18)13-10-12-6-2-3-7-14(12)17-11-13/h2-3,6-7,10-11H,4-5,8-9H2,1H3. The number of Topliss-reactive ketones (excluding diaryl/α,β-unsaturated/α-hetero) is 1. The summed E-state index contributed by atoms with van der Waals surface area (Å²) in [7, 11) is 0. The second-order valence-electron chi connectivity index (χ2n) is 5.28. The number of rotatable bonds is 2. The lowest BCUT2D eigenvalue weighted by atomic mass is 9.88. The molecule has 1 unspecified atom stereocenters. The predicted octanol–water partition coefficient (Wildman–Crippen LogP) is 3.38. The summed E-state index contributed by atoms with van der Waals surface area (Å²) in [6.07, 6.45) is 4.54. The molecule has 1 atom stereocenters. The smallest absolute Gasteiger partial charge is 0.195 e. The first-order valence-electron chi connectivity index (χ1n) is 6.73. The van der Waals surface area contributed by atoms with Gasteiger partial charge in [0.2, 0.25) is 0 Å². The third-order valence-corrected chi connectivity index (χ3v) is 3.80. The molecule has 1 aliphatic rings. The van der Waals surface area contributed by atoms with E-state index in [4.69, 9.17) is 4.74 Å². The van der Waals surface area contributed by atoms with Crippen molar-refractivity contribution in [2.75, 3.05) is 6.61 Å². The number of pyridine rings is 1. The minimum Gasteiger partial charge on any atom is -0.367 e. The fourth-order valence-electron chi connectivity index (χ4n) is 2.61. The van der Waals surface area contributed by atoms with Gasteiger partial charge in [-0.25, -0.2) is 0 Å². The van der Waals surface area contributed by atoms with Crippen LogP contribution in [-0.2, 0) is 4.74 Å². The van der Waals surface area contributed by atoms with Crippen LogP contribution in [0.4, 0.5) is 0 Å². The number of benzene rings is 1. The minimum absolute atomic E-state index is 0.0467. The Hall–Kier alpha value is -1.74. The highest BCUT2D eigenvalue weighted by molar-refractivity contribution is 6.04. The van der Waals surface area contributed by atoms with Crippen molar-refractivity contribution in [2.45, 2.75) is 31.8 Å². The zero-order valence-electron chi connectivity index (χ0n) is 11.1. The van der Waals surface area contributed by atoms with Gasteiger partial charge in [-0.2, -0.15) is 0 Å². The average molecular weight is 255 g/mol. The van der Waals surface area contributed by atoms with E-state index in [0.717, 1.165) is 30.2 Å². The van der Waals surface area contributed by atoms with Crippen LogP contribution in [0.15, 0.2) is 36.5 Å². The number of carbonyl (C=O) groups is 1. The Balaban J connectivity index is 1.97. The lowest BCUT2D eigenvalue weighted by Crippen LogP contribution is -2.41. The van der Waals surface area contributed by atoms with Crippen molar-refractivity contribution in [3.8, 4) is 0 Å². The monoisotopic (exact) mass is 255 g/mol. The Morgan fingerprint density at radius 3 is 2.95 bits per heavy atom. The molecule has 3 heteroatoms. The Bertz CT molecular complexity index is 615. The normalized spacial score (nSPS) is 23.4. The fourth-order valence-corrected chi connectivity index (χ4v) is 2.61. The van der Waals surface area contributed by atoms with Crippen LogP contribution in [0.5, 0.6) is 0 Å². The first-order chi connectivity index (χ1) is 9.19. The van der Waals surface area contributed by atoms with E-state index < -0.39 is 5.60 Å². The number of hydrogen-bond acceptors (Lipinski definition) is 3. The Morgan fingerprint density at radius 1 is 1.32 bits per heavy atom. The van der Waals surface area contributed by atoms with Crippen LogP contribution in [-0.4, -0.2) is 23.0 Å². The molecule has 0 N–H and O–H groups in total. The van der Waals surface area contributed by atoms with Gasteiger partial charge in [-0.1, -0.05) is 18.2 Å².